The van der Waals surface area contributed by atoms with E-state index < -0.39 is 0 Å². The van der Waals surface area contributed by atoms with Gasteiger partial charge in [-0.3, -0.25) is 0 Å². The fourth-order valence-electron chi connectivity index (χ4n) is 1.20. The molecule has 1 N–H and O–H groups in total. The lowest BCUT2D eigenvalue weighted by atomic mass is 10.2. The third kappa shape index (κ3) is 2.48. The second-order valence-corrected chi connectivity index (χ2v) is 5.55. The fourth-order valence-corrected chi connectivity index (χ4v) is 2.56. The first-order valence-electron chi connectivity index (χ1n) is 4.60. The van der Waals surface area contributed by atoms with E-state index in [0.29, 0.717) is 0 Å². The SMILES string of the molecule is CSc1nnc(Nc2cccc(Cl)c2C)s1. The molecule has 0 radical (unpaired) electrons. The summed E-state index contributed by atoms with van der Waals surface area (Å²) >= 11 is 9.15. The van der Waals surface area contributed by atoms with E-state index >= 15 is 0 Å². The third-order valence-electron chi connectivity index (χ3n) is 2.09. The van der Waals surface area contributed by atoms with Gasteiger partial charge in [0.1, 0.15) is 0 Å². The average molecular weight is 272 g/mol. The standard InChI is InChI=1S/C10H10ClN3S2/c1-6-7(11)4-3-5-8(6)12-9-13-14-10(15-2)16-9/h3-5H,1-2H3,(H,12,13). The van der Waals surface area contributed by atoms with E-state index in [1.165, 1.54) is 11.3 Å². The van der Waals surface area contributed by atoms with Crippen LogP contribution in [-0.4, -0.2) is 16.5 Å². The van der Waals surface area contributed by atoms with Gasteiger partial charge in [0, 0.05) is 10.7 Å². The number of anilines is 2. The Balaban J connectivity index is 2.23. The summed E-state index contributed by atoms with van der Waals surface area (Å²) in [6, 6.07) is 5.76. The number of rotatable bonds is 3. The topological polar surface area (TPSA) is 37.8 Å². The Morgan fingerprint density at radius 1 is 1.38 bits per heavy atom. The molecule has 2 rings (SSSR count). The van der Waals surface area contributed by atoms with Crippen LogP contribution in [0.15, 0.2) is 22.5 Å². The molecule has 0 saturated heterocycles. The van der Waals surface area contributed by atoms with Gasteiger partial charge in [-0.25, -0.2) is 0 Å². The fraction of sp³-hybridized carbons (Fsp3) is 0.200. The Labute approximate surface area is 107 Å². The molecule has 0 fully saturated rings. The Kier molecular flexibility index (Phi) is 3.68. The Morgan fingerprint density at radius 3 is 2.88 bits per heavy atom. The molecule has 6 heteroatoms. The first-order valence-corrected chi connectivity index (χ1v) is 7.02. The molecule has 0 aliphatic rings. The number of thioether (sulfide) groups is 1. The van der Waals surface area contributed by atoms with Gasteiger partial charge in [-0.15, -0.1) is 10.2 Å². The highest BCUT2D eigenvalue weighted by Gasteiger charge is 2.06. The molecule has 84 valence electrons. The molecule has 1 aromatic heterocycles. The van der Waals surface area contributed by atoms with Crippen molar-refractivity contribution in [3.63, 3.8) is 0 Å². The molecule has 16 heavy (non-hydrogen) atoms. The summed E-state index contributed by atoms with van der Waals surface area (Å²) in [5.41, 5.74) is 1.99. The lowest BCUT2D eigenvalue weighted by molar-refractivity contribution is 1.02. The Hall–Kier alpha value is -0.780. The van der Waals surface area contributed by atoms with Crippen molar-refractivity contribution in [1.82, 2.24) is 10.2 Å². The van der Waals surface area contributed by atoms with Crippen LogP contribution in [0.2, 0.25) is 5.02 Å². The van der Waals surface area contributed by atoms with E-state index in [4.69, 9.17) is 11.6 Å². The molecule has 3 nitrogen and oxygen atoms in total. The molecule has 0 amide bonds. The van der Waals surface area contributed by atoms with Crippen molar-refractivity contribution in [2.24, 2.45) is 0 Å². The van der Waals surface area contributed by atoms with Crippen molar-refractivity contribution in [2.75, 3.05) is 11.6 Å². The number of halogens is 1. The summed E-state index contributed by atoms with van der Waals surface area (Å²) in [6.07, 6.45) is 1.98. The Morgan fingerprint density at radius 2 is 2.19 bits per heavy atom. The van der Waals surface area contributed by atoms with E-state index in [1.807, 2.05) is 31.4 Å². The van der Waals surface area contributed by atoms with Crippen LogP contribution in [0.3, 0.4) is 0 Å². The van der Waals surface area contributed by atoms with Gasteiger partial charge in [-0.05, 0) is 30.9 Å². The highest BCUT2D eigenvalue weighted by atomic mass is 35.5. The molecule has 0 unspecified atom stereocenters. The van der Waals surface area contributed by atoms with Gasteiger partial charge in [-0.2, -0.15) is 0 Å². The van der Waals surface area contributed by atoms with Gasteiger partial charge in [0.2, 0.25) is 5.13 Å². The maximum Gasteiger partial charge on any atom is 0.210 e. The molecular weight excluding hydrogens is 262 g/mol. The van der Waals surface area contributed by atoms with Gasteiger partial charge >= 0.3 is 0 Å². The second-order valence-electron chi connectivity index (χ2n) is 3.11. The van der Waals surface area contributed by atoms with Crippen LogP contribution in [0.5, 0.6) is 0 Å². The van der Waals surface area contributed by atoms with Gasteiger partial charge in [-0.1, -0.05) is 40.8 Å². The zero-order chi connectivity index (χ0) is 11.5. The van der Waals surface area contributed by atoms with Crippen molar-refractivity contribution < 1.29 is 0 Å². The van der Waals surface area contributed by atoms with Gasteiger partial charge < -0.3 is 5.32 Å². The minimum atomic E-state index is 0.750. The number of benzene rings is 1. The molecule has 1 aromatic carbocycles. The summed E-state index contributed by atoms with van der Waals surface area (Å²) in [5, 5.41) is 12.8. The summed E-state index contributed by atoms with van der Waals surface area (Å²) in [6.45, 7) is 1.97. The van der Waals surface area contributed by atoms with Gasteiger partial charge in [0.15, 0.2) is 4.34 Å². The van der Waals surface area contributed by atoms with Crippen LogP contribution in [0, 0.1) is 6.92 Å². The zero-order valence-electron chi connectivity index (χ0n) is 8.82. The van der Waals surface area contributed by atoms with E-state index in [1.54, 1.807) is 11.8 Å². The number of hydrogen-bond acceptors (Lipinski definition) is 5. The van der Waals surface area contributed by atoms with E-state index in [0.717, 1.165) is 25.7 Å². The van der Waals surface area contributed by atoms with Crippen molar-refractivity contribution in [2.45, 2.75) is 11.3 Å². The van der Waals surface area contributed by atoms with Gasteiger partial charge in [0.05, 0.1) is 0 Å². The largest absolute Gasteiger partial charge is 0.330 e. The molecule has 0 aliphatic carbocycles. The van der Waals surface area contributed by atoms with Gasteiger partial charge in [0.25, 0.3) is 0 Å². The predicted octanol–water partition coefficient (Wildman–Crippen LogP) is 3.97. The number of nitrogens with zero attached hydrogens (tertiary/aromatic N) is 2. The van der Waals surface area contributed by atoms with Crippen LogP contribution in [0.4, 0.5) is 10.8 Å². The quantitative estimate of drug-likeness (QED) is 0.858. The monoisotopic (exact) mass is 271 g/mol. The van der Waals surface area contributed by atoms with Crippen LogP contribution in [0.1, 0.15) is 5.56 Å². The molecule has 0 saturated carbocycles. The van der Waals surface area contributed by atoms with Crippen LogP contribution < -0.4 is 5.32 Å². The maximum atomic E-state index is 6.04. The Bertz CT molecular complexity index is 499. The highest BCUT2D eigenvalue weighted by molar-refractivity contribution is 8.00. The molecule has 0 aliphatic heterocycles. The van der Waals surface area contributed by atoms with Crippen molar-refractivity contribution in [3.8, 4) is 0 Å². The summed E-state index contributed by atoms with van der Waals surface area (Å²) in [5.74, 6) is 0. The lowest BCUT2D eigenvalue weighted by Crippen LogP contribution is -1.92. The normalized spacial score (nSPS) is 10.4. The minimum Gasteiger partial charge on any atom is -0.330 e. The molecular formula is C10H10ClN3S2. The minimum absolute atomic E-state index is 0.750. The third-order valence-corrected chi connectivity index (χ3v) is 4.31. The zero-order valence-corrected chi connectivity index (χ0v) is 11.2. The first kappa shape index (κ1) is 11.7. The summed E-state index contributed by atoms with van der Waals surface area (Å²) < 4.78 is 0.946. The molecule has 0 bridgehead atoms. The molecule has 0 spiro atoms. The molecule has 0 atom stereocenters. The van der Waals surface area contributed by atoms with Crippen molar-refractivity contribution >= 4 is 45.5 Å². The smallest absolute Gasteiger partial charge is 0.210 e. The predicted molar refractivity (Wildman–Crippen MR) is 71.2 cm³/mol. The van der Waals surface area contributed by atoms with Crippen molar-refractivity contribution in [3.05, 3.63) is 28.8 Å². The number of hydrogen-bond donors (Lipinski definition) is 1. The van der Waals surface area contributed by atoms with Crippen LogP contribution in [0.25, 0.3) is 0 Å². The van der Waals surface area contributed by atoms with Crippen LogP contribution in [-0.2, 0) is 0 Å². The first-order chi connectivity index (χ1) is 7.70. The number of aromatic nitrogens is 2. The van der Waals surface area contributed by atoms with Crippen LogP contribution >= 0.6 is 34.7 Å². The summed E-state index contributed by atoms with van der Waals surface area (Å²) in [7, 11) is 0. The summed E-state index contributed by atoms with van der Waals surface area (Å²) in [4.78, 5) is 0. The maximum absolute atomic E-state index is 6.04. The molecule has 2 aromatic rings. The molecule has 1 heterocycles. The lowest BCUT2D eigenvalue weighted by Gasteiger charge is -2.06. The van der Waals surface area contributed by atoms with E-state index in [-0.39, 0.29) is 0 Å². The van der Waals surface area contributed by atoms with Crippen molar-refractivity contribution in [1.29, 1.82) is 0 Å². The average Bonchev–Trinajstić information content (AvgIpc) is 2.73. The van der Waals surface area contributed by atoms with E-state index in [2.05, 4.69) is 15.5 Å². The second kappa shape index (κ2) is 5.03. The van der Waals surface area contributed by atoms with E-state index in [9.17, 15) is 0 Å². The highest BCUT2D eigenvalue weighted by Crippen LogP contribution is 2.29. The number of nitrogens with one attached hydrogen (secondary N) is 1.